The van der Waals surface area contributed by atoms with Crippen LogP contribution in [0.5, 0.6) is 0 Å². The minimum atomic E-state index is -0.778. The van der Waals surface area contributed by atoms with Crippen LogP contribution in [0.3, 0.4) is 0 Å². The fourth-order valence-electron chi connectivity index (χ4n) is 3.29. The van der Waals surface area contributed by atoms with Gasteiger partial charge >= 0.3 is 5.97 Å². The number of carbonyl (C=O) groups is 2. The topological polar surface area (TPSA) is 57.6 Å². The Morgan fingerprint density at radius 1 is 1.33 bits per heavy atom. The maximum absolute atomic E-state index is 11.4. The first-order valence-electron chi connectivity index (χ1n) is 7.49. The lowest BCUT2D eigenvalue weighted by atomic mass is 9.90. The van der Waals surface area contributed by atoms with Crippen LogP contribution in [-0.4, -0.2) is 41.4 Å². The SMILES string of the molecule is CC(C)[C@@H](CC(=O)O)N1CC(C=O)C(c2ccccc2)C1. The number of hydrogen-bond donors (Lipinski definition) is 1. The molecule has 114 valence electrons. The van der Waals surface area contributed by atoms with Crippen molar-refractivity contribution in [3.63, 3.8) is 0 Å². The zero-order chi connectivity index (χ0) is 15.4. The summed E-state index contributed by atoms with van der Waals surface area (Å²) in [5.41, 5.74) is 1.16. The number of benzene rings is 1. The van der Waals surface area contributed by atoms with Crippen molar-refractivity contribution in [1.82, 2.24) is 4.90 Å². The molecule has 1 aromatic rings. The van der Waals surface area contributed by atoms with Gasteiger partial charge in [0.05, 0.1) is 6.42 Å². The van der Waals surface area contributed by atoms with Crippen molar-refractivity contribution in [3.8, 4) is 0 Å². The molecule has 1 saturated heterocycles. The molecule has 0 aromatic heterocycles. The van der Waals surface area contributed by atoms with Gasteiger partial charge in [0.1, 0.15) is 6.29 Å². The minimum Gasteiger partial charge on any atom is -0.481 e. The molecule has 0 spiro atoms. The monoisotopic (exact) mass is 289 g/mol. The van der Waals surface area contributed by atoms with Crippen LogP contribution < -0.4 is 0 Å². The van der Waals surface area contributed by atoms with E-state index in [1.165, 1.54) is 0 Å². The molecule has 0 aliphatic carbocycles. The van der Waals surface area contributed by atoms with E-state index in [-0.39, 0.29) is 30.2 Å². The summed E-state index contributed by atoms with van der Waals surface area (Å²) < 4.78 is 0. The molecule has 4 heteroatoms. The molecule has 1 N–H and O–H groups in total. The minimum absolute atomic E-state index is 0.0151. The Hall–Kier alpha value is -1.68. The quantitative estimate of drug-likeness (QED) is 0.817. The molecule has 2 unspecified atom stereocenters. The van der Waals surface area contributed by atoms with E-state index in [1.54, 1.807) is 0 Å². The van der Waals surface area contributed by atoms with Gasteiger partial charge < -0.3 is 9.90 Å². The van der Waals surface area contributed by atoms with Crippen LogP contribution in [-0.2, 0) is 9.59 Å². The van der Waals surface area contributed by atoms with Crippen molar-refractivity contribution in [2.24, 2.45) is 11.8 Å². The Labute approximate surface area is 125 Å². The fourth-order valence-corrected chi connectivity index (χ4v) is 3.29. The highest BCUT2D eigenvalue weighted by molar-refractivity contribution is 5.67. The molecule has 21 heavy (non-hydrogen) atoms. The molecule has 1 heterocycles. The summed E-state index contributed by atoms with van der Waals surface area (Å²) >= 11 is 0. The van der Waals surface area contributed by atoms with Crippen LogP contribution in [0.4, 0.5) is 0 Å². The highest BCUT2D eigenvalue weighted by Crippen LogP contribution is 2.34. The van der Waals surface area contributed by atoms with Gasteiger partial charge in [-0.15, -0.1) is 0 Å². The Morgan fingerprint density at radius 3 is 2.52 bits per heavy atom. The molecule has 1 aromatic carbocycles. The predicted octanol–water partition coefficient (Wildman–Crippen LogP) is 2.40. The van der Waals surface area contributed by atoms with Crippen molar-refractivity contribution in [3.05, 3.63) is 35.9 Å². The van der Waals surface area contributed by atoms with Crippen LogP contribution in [0, 0.1) is 11.8 Å². The van der Waals surface area contributed by atoms with E-state index in [4.69, 9.17) is 5.11 Å². The molecular formula is C17H23NO3. The van der Waals surface area contributed by atoms with Crippen LogP contribution in [0.15, 0.2) is 30.3 Å². The van der Waals surface area contributed by atoms with Gasteiger partial charge in [0.15, 0.2) is 0 Å². The first kappa shape index (κ1) is 15.7. The number of aliphatic carboxylic acids is 1. The van der Waals surface area contributed by atoms with Crippen LogP contribution in [0.25, 0.3) is 0 Å². The van der Waals surface area contributed by atoms with Crippen molar-refractivity contribution in [1.29, 1.82) is 0 Å². The largest absolute Gasteiger partial charge is 0.481 e. The average molecular weight is 289 g/mol. The Morgan fingerprint density at radius 2 is 2.00 bits per heavy atom. The molecule has 1 aliphatic heterocycles. The van der Waals surface area contributed by atoms with Gasteiger partial charge in [0.25, 0.3) is 0 Å². The molecule has 1 aliphatic rings. The summed E-state index contributed by atoms with van der Waals surface area (Å²) in [7, 11) is 0. The van der Waals surface area contributed by atoms with E-state index in [1.807, 2.05) is 44.2 Å². The zero-order valence-electron chi connectivity index (χ0n) is 12.6. The molecule has 0 saturated carbocycles. The second-order valence-electron chi connectivity index (χ2n) is 6.18. The summed E-state index contributed by atoms with van der Waals surface area (Å²) in [6.07, 6.45) is 1.15. The number of rotatable bonds is 6. The molecule has 3 atom stereocenters. The number of aldehydes is 1. The molecule has 0 bridgehead atoms. The van der Waals surface area contributed by atoms with Gasteiger partial charge in [0, 0.05) is 31.0 Å². The molecular weight excluding hydrogens is 266 g/mol. The number of nitrogens with zero attached hydrogens (tertiary/aromatic N) is 1. The maximum atomic E-state index is 11.4. The Kier molecular flexibility index (Phi) is 5.12. The molecule has 4 nitrogen and oxygen atoms in total. The normalized spacial score (nSPS) is 24.1. The first-order chi connectivity index (χ1) is 10.0. The van der Waals surface area contributed by atoms with Crippen LogP contribution in [0.1, 0.15) is 31.7 Å². The number of hydrogen-bond acceptors (Lipinski definition) is 3. The van der Waals surface area contributed by atoms with Gasteiger partial charge in [-0.05, 0) is 11.5 Å². The van der Waals surface area contributed by atoms with E-state index in [2.05, 4.69) is 4.90 Å². The van der Waals surface area contributed by atoms with Crippen molar-refractivity contribution >= 4 is 12.3 Å². The number of carboxylic acid groups (broad SMARTS) is 1. The summed E-state index contributed by atoms with van der Waals surface area (Å²) in [5, 5.41) is 9.10. The van der Waals surface area contributed by atoms with E-state index in [9.17, 15) is 9.59 Å². The third kappa shape index (κ3) is 3.70. The summed E-state index contributed by atoms with van der Waals surface area (Å²) in [6, 6.07) is 10.0. The fraction of sp³-hybridized carbons (Fsp3) is 0.529. The highest BCUT2D eigenvalue weighted by Gasteiger charge is 2.38. The lowest BCUT2D eigenvalue weighted by molar-refractivity contribution is -0.138. The first-order valence-corrected chi connectivity index (χ1v) is 7.49. The number of carboxylic acids is 1. The van der Waals surface area contributed by atoms with Gasteiger partial charge in [-0.1, -0.05) is 44.2 Å². The lowest BCUT2D eigenvalue weighted by Gasteiger charge is -2.30. The molecule has 0 radical (unpaired) electrons. The lowest BCUT2D eigenvalue weighted by Crippen LogP contribution is -2.39. The molecule has 2 rings (SSSR count). The zero-order valence-corrected chi connectivity index (χ0v) is 12.6. The third-order valence-electron chi connectivity index (χ3n) is 4.42. The number of carbonyl (C=O) groups excluding carboxylic acids is 1. The standard InChI is InChI=1S/C17H23NO3/c1-12(2)16(8-17(20)21)18-9-14(11-19)15(10-18)13-6-4-3-5-7-13/h3-7,11-12,14-16H,8-10H2,1-2H3,(H,20,21)/t14?,15?,16-/m1/s1. The Bertz CT molecular complexity index is 486. The van der Waals surface area contributed by atoms with E-state index in [0.717, 1.165) is 18.4 Å². The van der Waals surface area contributed by atoms with Crippen molar-refractivity contribution < 1.29 is 14.7 Å². The summed E-state index contributed by atoms with van der Waals surface area (Å²) in [6.45, 7) is 5.49. The van der Waals surface area contributed by atoms with E-state index in [0.29, 0.717) is 6.54 Å². The molecule has 0 amide bonds. The molecule has 1 fully saturated rings. The van der Waals surface area contributed by atoms with Gasteiger partial charge in [0.2, 0.25) is 0 Å². The highest BCUT2D eigenvalue weighted by atomic mass is 16.4. The van der Waals surface area contributed by atoms with E-state index >= 15 is 0 Å². The van der Waals surface area contributed by atoms with E-state index < -0.39 is 5.97 Å². The van der Waals surface area contributed by atoms with Crippen LogP contribution in [0.2, 0.25) is 0 Å². The van der Waals surface area contributed by atoms with Crippen LogP contribution >= 0.6 is 0 Å². The van der Waals surface area contributed by atoms with Crippen molar-refractivity contribution in [2.75, 3.05) is 13.1 Å². The Balaban J connectivity index is 2.17. The third-order valence-corrected chi connectivity index (χ3v) is 4.42. The smallest absolute Gasteiger partial charge is 0.304 e. The maximum Gasteiger partial charge on any atom is 0.304 e. The van der Waals surface area contributed by atoms with Crippen molar-refractivity contribution in [2.45, 2.75) is 32.2 Å². The van der Waals surface area contributed by atoms with Gasteiger partial charge in [-0.2, -0.15) is 0 Å². The average Bonchev–Trinajstić information content (AvgIpc) is 2.89. The predicted molar refractivity (Wildman–Crippen MR) is 81.2 cm³/mol. The van der Waals surface area contributed by atoms with Gasteiger partial charge in [-0.25, -0.2) is 0 Å². The van der Waals surface area contributed by atoms with Gasteiger partial charge in [-0.3, -0.25) is 9.69 Å². The second-order valence-corrected chi connectivity index (χ2v) is 6.18. The number of likely N-dealkylation sites (tertiary alicyclic amines) is 1. The summed E-state index contributed by atoms with van der Waals surface area (Å²) in [4.78, 5) is 24.7. The summed E-state index contributed by atoms with van der Waals surface area (Å²) in [5.74, 6) is -0.413. The second kappa shape index (κ2) is 6.85.